The summed E-state index contributed by atoms with van der Waals surface area (Å²) >= 11 is 0. The molecule has 0 aliphatic heterocycles. The Kier molecular flexibility index (Phi) is 4.28. The lowest BCUT2D eigenvalue weighted by Crippen LogP contribution is -2.16. The van der Waals surface area contributed by atoms with Crippen LogP contribution in [0.4, 0.5) is 39.5 Å². The van der Waals surface area contributed by atoms with E-state index in [1.807, 2.05) is 0 Å². The predicted octanol–water partition coefficient (Wildman–Crippen LogP) is 5.81. The molecule has 1 aromatic carbocycles. The molecular formula is C14H6F9N. The van der Waals surface area contributed by atoms with Crippen LogP contribution in [0.25, 0.3) is 11.1 Å². The second-order valence-electron chi connectivity index (χ2n) is 4.66. The van der Waals surface area contributed by atoms with Gasteiger partial charge in [-0.1, -0.05) is 12.1 Å². The highest BCUT2D eigenvalue weighted by Crippen LogP contribution is 2.44. The number of hydrogen-bond donors (Lipinski definition) is 0. The predicted molar refractivity (Wildman–Crippen MR) is 64.7 cm³/mol. The highest BCUT2D eigenvalue weighted by Gasteiger charge is 2.42. The second kappa shape index (κ2) is 5.67. The molecule has 1 nitrogen and oxygen atoms in total. The van der Waals surface area contributed by atoms with Crippen LogP contribution in [0.2, 0.25) is 0 Å². The van der Waals surface area contributed by atoms with Gasteiger partial charge in [0.1, 0.15) is 0 Å². The molecule has 0 saturated carbocycles. The van der Waals surface area contributed by atoms with E-state index in [-0.39, 0.29) is 12.1 Å². The summed E-state index contributed by atoms with van der Waals surface area (Å²) in [6.45, 7) is 0. The molecule has 0 unspecified atom stereocenters. The smallest absolute Gasteiger partial charge is 0.251 e. The van der Waals surface area contributed by atoms with Crippen LogP contribution in [0, 0.1) is 0 Å². The van der Waals surface area contributed by atoms with Crippen LogP contribution in [-0.4, -0.2) is 4.98 Å². The van der Waals surface area contributed by atoms with E-state index >= 15 is 0 Å². The van der Waals surface area contributed by atoms with Gasteiger partial charge < -0.3 is 0 Å². The summed E-state index contributed by atoms with van der Waals surface area (Å²) in [6, 6.07) is 2.51. The van der Waals surface area contributed by atoms with E-state index in [0.29, 0.717) is 12.3 Å². The Hall–Kier alpha value is -2.26. The van der Waals surface area contributed by atoms with Crippen LogP contribution in [0.5, 0.6) is 0 Å². The number of aromatic nitrogens is 1. The summed E-state index contributed by atoms with van der Waals surface area (Å²) in [5.74, 6) is 0. The van der Waals surface area contributed by atoms with Crippen LogP contribution in [-0.2, 0) is 18.5 Å². The topological polar surface area (TPSA) is 12.9 Å². The molecule has 2 aromatic rings. The van der Waals surface area contributed by atoms with Crippen molar-refractivity contribution in [1.29, 1.82) is 0 Å². The molecule has 2 rings (SSSR count). The van der Waals surface area contributed by atoms with Crippen molar-refractivity contribution < 1.29 is 39.5 Å². The Morgan fingerprint density at radius 3 is 1.83 bits per heavy atom. The summed E-state index contributed by atoms with van der Waals surface area (Å²) < 4.78 is 116. The van der Waals surface area contributed by atoms with Gasteiger partial charge in [-0.05, 0) is 23.8 Å². The van der Waals surface area contributed by atoms with Gasteiger partial charge >= 0.3 is 18.5 Å². The normalized spacial score (nSPS) is 13.2. The fourth-order valence-corrected chi connectivity index (χ4v) is 2.06. The first kappa shape index (κ1) is 18.1. The van der Waals surface area contributed by atoms with Crippen molar-refractivity contribution in [3.63, 3.8) is 0 Å². The first-order chi connectivity index (χ1) is 10.8. The number of benzene rings is 1. The molecule has 0 radical (unpaired) electrons. The molecule has 0 bridgehead atoms. The zero-order valence-corrected chi connectivity index (χ0v) is 11.3. The van der Waals surface area contributed by atoms with Gasteiger partial charge in [0.05, 0.1) is 11.1 Å². The zero-order chi connectivity index (χ0) is 18.3. The summed E-state index contributed by atoms with van der Waals surface area (Å²) in [5.41, 5.74) is -7.31. The lowest BCUT2D eigenvalue weighted by Gasteiger charge is -2.18. The molecule has 10 heteroatoms. The van der Waals surface area contributed by atoms with Gasteiger partial charge in [-0.2, -0.15) is 39.5 Å². The van der Waals surface area contributed by atoms with E-state index in [0.717, 1.165) is 12.1 Å². The van der Waals surface area contributed by atoms with E-state index < -0.39 is 46.5 Å². The first-order valence-electron chi connectivity index (χ1n) is 6.13. The third-order valence-electron chi connectivity index (χ3n) is 3.00. The van der Waals surface area contributed by atoms with Gasteiger partial charge in [0.15, 0.2) is 5.69 Å². The molecule has 1 heterocycles. The molecule has 24 heavy (non-hydrogen) atoms. The minimum atomic E-state index is -5.27. The molecule has 0 N–H and O–H groups in total. The van der Waals surface area contributed by atoms with E-state index in [9.17, 15) is 39.5 Å². The van der Waals surface area contributed by atoms with Crippen LogP contribution < -0.4 is 0 Å². The second-order valence-corrected chi connectivity index (χ2v) is 4.66. The van der Waals surface area contributed by atoms with Crippen molar-refractivity contribution in [2.75, 3.05) is 0 Å². The van der Waals surface area contributed by atoms with Gasteiger partial charge in [0, 0.05) is 11.8 Å². The molecule has 0 aliphatic carbocycles. The van der Waals surface area contributed by atoms with Crippen LogP contribution in [0.1, 0.15) is 16.8 Å². The maximum absolute atomic E-state index is 13.0. The van der Waals surface area contributed by atoms with Crippen molar-refractivity contribution in [2.45, 2.75) is 18.5 Å². The van der Waals surface area contributed by atoms with Crippen molar-refractivity contribution in [3.8, 4) is 11.1 Å². The van der Waals surface area contributed by atoms with Crippen LogP contribution in [0.3, 0.4) is 0 Å². The largest absolute Gasteiger partial charge is 0.433 e. The lowest BCUT2D eigenvalue weighted by molar-refractivity contribution is -0.144. The van der Waals surface area contributed by atoms with Crippen molar-refractivity contribution in [3.05, 3.63) is 53.3 Å². The lowest BCUT2D eigenvalue weighted by atomic mass is 9.96. The van der Waals surface area contributed by atoms with Crippen LogP contribution >= 0.6 is 0 Å². The molecule has 1 aromatic heterocycles. The third kappa shape index (κ3) is 3.62. The maximum Gasteiger partial charge on any atom is 0.433 e. The summed E-state index contributed by atoms with van der Waals surface area (Å²) in [4.78, 5) is 2.89. The number of pyridine rings is 1. The molecule has 0 spiro atoms. The maximum atomic E-state index is 13.0. The van der Waals surface area contributed by atoms with Gasteiger partial charge in [-0.3, -0.25) is 4.98 Å². The van der Waals surface area contributed by atoms with Gasteiger partial charge in [-0.15, -0.1) is 0 Å². The standard InChI is InChI=1S/C14H6F9N/c15-12(16,17)8-3-1-2-7(6-8)10-9(13(18,19)20)4-5-24-11(10)14(21,22)23/h1-6H. The van der Waals surface area contributed by atoms with Gasteiger partial charge in [0.2, 0.25) is 0 Å². The Balaban J connectivity index is 2.82. The summed E-state index contributed by atoms with van der Waals surface area (Å²) in [6.07, 6.45) is -15.1. The number of alkyl halides is 9. The van der Waals surface area contributed by atoms with E-state index in [1.54, 1.807) is 0 Å². The van der Waals surface area contributed by atoms with E-state index in [2.05, 4.69) is 4.98 Å². The average molecular weight is 359 g/mol. The monoisotopic (exact) mass is 359 g/mol. The minimum absolute atomic E-state index is 0.224. The molecule has 130 valence electrons. The average Bonchev–Trinajstić information content (AvgIpc) is 2.44. The molecule has 0 fully saturated rings. The SMILES string of the molecule is FC(F)(F)c1cccc(-c2c(C(F)(F)F)ccnc2C(F)(F)F)c1. The fourth-order valence-electron chi connectivity index (χ4n) is 2.06. The molecule has 0 atom stereocenters. The number of hydrogen-bond acceptors (Lipinski definition) is 1. The molecule has 0 amide bonds. The van der Waals surface area contributed by atoms with Gasteiger partial charge in [-0.25, -0.2) is 0 Å². The van der Waals surface area contributed by atoms with E-state index in [4.69, 9.17) is 0 Å². The van der Waals surface area contributed by atoms with E-state index in [1.165, 1.54) is 0 Å². The molecule has 0 aliphatic rings. The highest BCUT2D eigenvalue weighted by molar-refractivity contribution is 5.71. The third-order valence-corrected chi connectivity index (χ3v) is 3.00. The number of nitrogens with zero attached hydrogens (tertiary/aromatic N) is 1. The first-order valence-corrected chi connectivity index (χ1v) is 6.13. The van der Waals surface area contributed by atoms with Crippen LogP contribution in [0.15, 0.2) is 36.5 Å². The van der Waals surface area contributed by atoms with Crippen molar-refractivity contribution >= 4 is 0 Å². The summed E-state index contributed by atoms with van der Waals surface area (Å²) in [7, 11) is 0. The zero-order valence-electron chi connectivity index (χ0n) is 11.3. The Morgan fingerprint density at radius 2 is 1.33 bits per heavy atom. The number of rotatable bonds is 1. The van der Waals surface area contributed by atoms with Gasteiger partial charge in [0.25, 0.3) is 0 Å². The summed E-state index contributed by atoms with van der Waals surface area (Å²) in [5, 5.41) is 0. The quantitative estimate of drug-likeness (QED) is 0.586. The Bertz CT molecular complexity index is 709. The minimum Gasteiger partial charge on any atom is -0.251 e. The highest BCUT2D eigenvalue weighted by atomic mass is 19.4. The molecule has 0 saturated heterocycles. The van der Waals surface area contributed by atoms with Crippen molar-refractivity contribution in [2.24, 2.45) is 0 Å². The fraction of sp³-hybridized carbons (Fsp3) is 0.214. The number of halogens is 9. The van der Waals surface area contributed by atoms with Crippen molar-refractivity contribution in [1.82, 2.24) is 4.98 Å². The molecular weight excluding hydrogens is 353 g/mol. The Morgan fingerprint density at radius 1 is 0.708 bits per heavy atom. The Labute approximate surface area is 128 Å².